The molecule has 0 spiro atoms. The van der Waals surface area contributed by atoms with Crippen molar-refractivity contribution in [3.8, 4) is 0 Å². The lowest BCUT2D eigenvalue weighted by atomic mass is 10.3. The fraction of sp³-hybridized carbons (Fsp3) is 0.455. The van der Waals surface area contributed by atoms with Gasteiger partial charge in [-0.1, -0.05) is 27.5 Å². The van der Waals surface area contributed by atoms with Gasteiger partial charge in [0.15, 0.2) is 0 Å². The molecule has 0 heterocycles. The predicted molar refractivity (Wildman–Crippen MR) is 77.6 cm³/mol. The zero-order valence-corrected chi connectivity index (χ0v) is 12.8. The van der Waals surface area contributed by atoms with Crippen LogP contribution in [0.25, 0.3) is 0 Å². The van der Waals surface area contributed by atoms with Crippen LogP contribution in [0.1, 0.15) is 12.8 Å². The quantitative estimate of drug-likeness (QED) is 0.826. The summed E-state index contributed by atoms with van der Waals surface area (Å²) >= 11 is 9.23. The summed E-state index contributed by atoms with van der Waals surface area (Å²) in [6, 6.07) is 5.54. The Bertz CT molecular complexity index is 532. The van der Waals surface area contributed by atoms with Crippen molar-refractivity contribution in [2.75, 3.05) is 17.0 Å². The van der Waals surface area contributed by atoms with Gasteiger partial charge in [0, 0.05) is 17.1 Å². The predicted octanol–water partition coefficient (Wildman–Crippen LogP) is 2.60. The third-order valence-electron chi connectivity index (χ3n) is 2.58. The highest BCUT2D eigenvalue weighted by Crippen LogP contribution is 2.26. The molecule has 18 heavy (non-hydrogen) atoms. The van der Waals surface area contributed by atoms with E-state index in [0.29, 0.717) is 23.3 Å². The Morgan fingerprint density at radius 2 is 2.11 bits per heavy atom. The number of halogens is 2. The molecule has 0 bridgehead atoms. The molecule has 0 saturated heterocycles. The number of nitrogens with one attached hydrogen (secondary N) is 2. The molecule has 2 rings (SSSR count). The molecule has 1 aliphatic carbocycles. The van der Waals surface area contributed by atoms with Gasteiger partial charge in [-0.25, -0.2) is 8.42 Å². The zero-order chi connectivity index (χ0) is 13.2. The standard InChI is InChI=1S/C11H14BrClN2O2S/c12-8-1-4-11(10(13)7-8)15-18(16,17)6-5-14-9-2-3-9/h1,4,7,9,14-15H,2-3,5-6H2. The van der Waals surface area contributed by atoms with Gasteiger partial charge in [0.1, 0.15) is 0 Å². The second-order valence-electron chi connectivity index (χ2n) is 4.27. The largest absolute Gasteiger partial charge is 0.313 e. The number of benzene rings is 1. The van der Waals surface area contributed by atoms with Crippen LogP contribution in [-0.4, -0.2) is 26.8 Å². The van der Waals surface area contributed by atoms with Gasteiger partial charge >= 0.3 is 0 Å². The van der Waals surface area contributed by atoms with E-state index < -0.39 is 10.0 Å². The summed E-state index contributed by atoms with van der Waals surface area (Å²) in [5.41, 5.74) is 0.409. The molecule has 1 aliphatic rings. The molecule has 2 N–H and O–H groups in total. The van der Waals surface area contributed by atoms with Crippen molar-refractivity contribution in [2.24, 2.45) is 0 Å². The Kier molecular flexibility index (Phi) is 4.53. The van der Waals surface area contributed by atoms with E-state index >= 15 is 0 Å². The minimum atomic E-state index is -3.35. The second kappa shape index (κ2) is 5.77. The Morgan fingerprint density at radius 1 is 1.39 bits per heavy atom. The smallest absolute Gasteiger partial charge is 0.234 e. The van der Waals surface area contributed by atoms with Gasteiger partial charge in [-0.2, -0.15) is 0 Å². The van der Waals surface area contributed by atoms with E-state index in [1.54, 1.807) is 18.2 Å². The number of hydrogen-bond acceptors (Lipinski definition) is 3. The first-order valence-electron chi connectivity index (χ1n) is 5.65. The molecule has 7 heteroatoms. The first kappa shape index (κ1) is 14.1. The molecule has 0 unspecified atom stereocenters. The highest BCUT2D eigenvalue weighted by atomic mass is 79.9. The first-order valence-corrected chi connectivity index (χ1v) is 8.47. The van der Waals surface area contributed by atoms with Crippen molar-refractivity contribution in [2.45, 2.75) is 18.9 Å². The van der Waals surface area contributed by atoms with Crippen LogP contribution in [0.2, 0.25) is 5.02 Å². The van der Waals surface area contributed by atoms with Crippen LogP contribution in [0, 0.1) is 0 Å². The van der Waals surface area contributed by atoms with Gasteiger partial charge in [0.05, 0.1) is 16.5 Å². The van der Waals surface area contributed by atoms with Crippen LogP contribution in [0.4, 0.5) is 5.69 Å². The normalized spacial score (nSPS) is 15.7. The van der Waals surface area contributed by atoms with Crippen molar-refractivity contribution >= 4 is 43.2 Å². The van der Waals surface area contributed by atoms with Gasteiger partial charge in [-0.05, 0) is 31.0 Å². The zero-order valence-electron chi connectivity index (χ0n) is 9.62. The molecule has 0 aromatic heterocycles. The van der Waals surface area contributed by atoms with E-state index in [0.717, 1.165) is 17.3 Å². The molecule has 1 saturated carbocycles. The molecular formula is C11H14BrClN2O2S. The highest BCUT2D eigenvalue weighted by molar-refractivity contribution is 9.10. The van der Waals surface area contributed by atoms with E-state index in [4.69, 9.17) is 11.6 Å². The summed E-state index contributed by atoms with van der Waals surface area (Å²) in [5, 5.41) is 3.54. The average molecular weight is 354 g/mol. The first-order chi connectivity index (χ1) is 8.46. The number of hydrogen-bond donors (Lipinski definition) is 2. The Balaban J connectivity index is 1.93. The van der Waals surface area contributed by atoms with E-state index in [1.807, 2.05) is 0 Å². The summed E-state index contributed by atoms with van der Waals surface area (Å²) in [6.07, 6.45) is 2.29. The Hall–Kier alpha value is -0.300. The monoisotopic (exact) mass is 352 g/mol. The van der Waals surface area contributed by atoms with E-state index in [-0.39, 0.29) is 5.75 Å². The van der Waals surface area contributed by atoms with Crippen LogP contribution in [0.3, 0.4) is 0 Å². The lowest BCUT2D eigenvalue weighted by Crippen LogP contribution is -2.28. The Labute approximate surface area is 120 Å². The fourth-order valence-corrected chi connectivity index (χ4v) is 3.25. The van der Waals surface area contributed by atoms with Crippen LogP contribution in [-0.2, 0) is 10.0 Å². The summed E-state index contributed by atoms with van der Waals surface area (Å²) in [7, 11) is -3.35. The topological polar surface area (TPSA) is 58.2 Å². The van der Waals surface area contributed by atoms with E-state index in [1.165, 1.54) is 0 Å². The van der Waals surface area contributed by atoms with Crippen molar-refractivity contribution in [1.29, 1.82) is 0 Å². The summed E-state index contributed by atoms with van der Waals surface area (Å²) in [5.74, 6) is 0.0515. The molecule has 0 atom stereocenters. The molecule has 1 aromatic carbocycles. The third-order valence-corrected chi connectivity index (χ3v) is 4.66. The van der Waals surface area contributed by atoms with Gasteiger partial charge in [-0.3, -0.25) is 4.72 Å². The molecule has 100 valence electrons. The van der Waals surface area contributed by atoms with E-state index in [9.17, 15) is 8.42 Å². The summed E-state index contributed by atoms with van der Waals surface area (Å²) in [6.45, 7) is 0.466. The number of anilines is 1. The van der Waals surface area contributed by atoms with Crippen molar-refractivity contribution < 1.29 is 8.42 Å². The molecule has 4 nitrogen and oxygen atoms in total. The molecular weight excluding hydrogens is 340 g/mol. The molecule has 0 amide bonds. The third kappa shape index (κ3) is 4.42. The molecule has 0 radical (unpaired) electrons. The van der Waals surface area contributed by atoms with Crippen molar-refractivity contribution in [1.82, 2.24) is 5.32 Å². The maximum atomic E-state index is 11.8. The molecule has 1 fully saturated rings. The van der Waals surface area contributed by atoms with Gasteiger partial charge in [-0.15, -0.1) is 0 Å². The average Bonchev–Trinajstić information content (AvgIpc) is 3.06. The number of sulfonamides is 1. The SMILES string of the molecule is O=S(=O)(CCNC1CC1)Nc1ccc(Br)cc1Cl. The lowest BCUT2D eigenvalue weighted by Gasteiger charge is -2.10. The molecule has 1 aromatic rings. The van der Waals surface area contributed by atoms with Crippen LogP contribution in [0.15, 0.2) is 22.7 Å². The van der Waals surface area contributed by atoms with Crippen LogP contribution < -0.4 is 10.0 Å². The van der Waals surface area contributed by atoms with Crippen molar-refractivity contribution in [3.05, 3.63) is 27.7 Å². The second-order valence-corrected chi connectivity index (χ2v) is 7.44. The fourth-order valence-electron chi connectivity index (χ4n) is 1.48. The maximum absolute atomic E-state index is 11.8. The van der Waals surface area contributed by atoms with Gasteiger partial charge in [0.2, 0.25) is 10.0 Å². The Morgan fingerprint density at radius 3 is 2.72 bits per heavy atom. The van der Waals surface area contributed by atoms with Crippen LogP contribution >= 0.6 is 27.5 Å². The van der Waals surface area contributed by atoms with Gasteiger partial charge in [0.25, 0.3) is 0 Å². The van der Waals surface area contributed by atoms with Gasteiger partial charge < -0.3 is 5.32 Å². The maximum Gasteiger partial charge on any atom is 0.234 e. The van der Waals surface area contributed by atoms with E-state index in [2.05, 4.69) is 26.0 Å². The minimum Gasteiger partial charge on any atom is -0.313 e. The van der Waals surface area contributed by atoms with Crippen molar-refractivity contribution in [3.63, 3.8) is 0 Å². The van der Waals surface area contributed by atoms with Crippen LogP contribution in [0.5, 0.6) is 0 Å². The summed E-state index contributed by atoms with van der Waals surface area (Å²) < 4.78 is 26.9. The summed E-state index contributed by atoms with van der Waals surface area (Å²) in [4.78, 5) is 0. The lowest BCUT2D eigenvalue weighted by molar-refractivity contribution is 0.595. The minimum absolute atomic E-state index is 0.0515. The molecule has 0 aliphatic heterocycles. The number of rotatable bonds is 6. The highest BCUT2D eigenvalue weighted by Gasteiger charge is 2.21.